The number of carbonyl (C=O) groups excluding carboxylic acids is 1. The van der Waals surface area contributed by atoms with Gasteiger partial charge in [0, 0.05) is 11.6 Å². The molecular formula is C13H13BrClN3O2. The number of amides is 1. The van der Waals surface area contributed by atoms with Crippen LogP contribution in [0.1, 0.15) is 17.4 Å². The number of nitrogens with zero attached hydrogens (tertiary/aromatic N) is 2. The van der Waals surface area contributed by atoms with E-state index in [4.69, 9.17) is 16.3 Å². The number of hydrogen-bond acceptors (Lipinski definition) is 3. The van der Waals surface area contributed by atoms with Gasteiger partial charge < -0.3 is 10.1 Å². The standard InChI is InChI=1S/C13H13BrClN3O2/c1-3-18-12(9(14)7-16-18)13(19)17-10-6-8(15)4-5-11(10)20-2/h4-7H,3H2,1-2H3,(H,17,19). The number of rotatable bonds is 4. The van der Waals surface area contributed by atoms with Crippen molar-refractivity contribution < 1.29 is 9.53 Å². The van der Waals surface area contributed by atoms with E-state index in [0.29, 0.717) is 33.2 Å². The number of benzene rings is 1. The van der Waals surface area contributed by atoms with Crippen molar-refractivity contribution in [2.75, 3.05) is 12.4 Å². The summed E-state index contributed by atoms with van der Waals surface area (Å²) in [5.74, 6) is 0.262. The molecule has 1 heterocycles. The van der Waals surface area contributed by atoms with E-state index >= 15 is 0 Å². The zero-order chi connectivity index (χ0) is 14.7. The minimum absolute atomic E-state index is 0.281. The average Bonchev–Trinajstić information content (AvgIpc) is 2.80. The fourth-order valence-corrected chi connectivity index (χ4v) is 2.44. The second-order valence-corrected chi connectivity index (χ2v) is 5.25. The number of nitrogens with one attached hydrogen (secondary N) is 1. The van der Waals surface area contributed by atoms with Crippen LogP contribution in [0.3, 0.4) is 0 Å². The molecule has 2 rings (SSSR count). The van der Waals surface area contributed by atoms with Crippen LogP contribution in [0.15, 0.2) is 28.9 Å². The summed E-state index contributed by atoms with van der Waals surface area (Å²) >= 11 is 9.26. The zero-order valence-corrected chi connectivity index (χ0v) is 13.3. The summed E-state index contributed by atoms with van der Waals surface area (Å²) in [6.07, 6.45) is 1.59. The van der Waals surface area contributed by atoms with Crippen molar-refractivity contribution in [3.05, 3.63) is 39.6 Å². The van der Waals surface area contributed by atoms with E-state index in [9.17, 15) is 4.79 Å². The van der Waals surface area contributed by atoms with Crippen molar-refractivity contribution in [1.29, 1.82) is 0 Å². The van der Waals surface area contributed by atoms with Gasteiger partial charge in [0.2, 0.25) is 0 Å². The van der Waals surface area contributed by atoms with Crippen LogP contribution >= 0.6 is 27.5 Å². The van der Waals surface area contributed by atoms with Crippen molar-refractivity contribution in [3.63, 3.8) is 0 Å². The Bertz CT molecular complexity index is 643. The zero-order valence-electron chi connectivity index (χ0n) is 11.0. The first kappa shape index (κ1) is 14.9. The monoisotopic (exact) mass is 357 g/mol. The highest BCUT2D eigenvalue weighted by Gasteiger charge is 2.18. The lowest BCUT2D eigenvalue weighted by Gasteiger charge is -2.11. The molecule has 2 aromatic rings. The maximum absolute atomic E-state index is 12.4. The molecular weight excluding hydrogens is 346 g/mol. The molecule has 1 amide bonds. The molecule has 1 aromatic carbocycles. The van der Waals surface area contributed by atoms with Crippen molar-refractivity contribution in [1.82, 2.24) is 9.78 Å². The molecule has 20 heavy (non-hydrogen) atoms. The van der Waals surface area contributed by atoms with Crippen molar-refractivity contribution in [2.24, 2.45) is 0 Å². The minimum atomic E-state index is -0.281. The van der Waals surface area contributed by atoms with E-state index in [1.807, 2.05) is 6.92 Å². The molecule has 1 aromatic heterocycles. The number of aryl methyl sites for hydroxylation is 1. The van der Waals surface area contributed by atoms with Crippen LogP contribution in [0.5, 0.6) is 5.75 Å². The number of anilines is 1. The van der Waals surface area contributed by atoms with Crippen molar-refractivity contribution in [3.8, 4) is 5.75 Å². The molecule has 0 bridgehead atoms. The number of methoxy groups -OCH3 is 1. The Balaban J connectivity index is 2.32. The largest absolute Gasteiger partial charge is 0.495 e. The molecule has 0 aliphatic carbocycles. The van der Waals surface area contributed by atoms with Crippen LogP contribution in [0.2, 0.25) is 5.02 Å². The van der Waals surface area contributed by atoms with Gasteiger partial charge in [0.15, 0.2) is 0 Å². The van der Waals surface area contributed by atoms with Gasteiger partial charge in [-0.05, 0) is 41.1 Å². The highest BCUT2D eigenvalue weighted by Crippen LogP contribution is 2.28. The van der Waals surface area contributed by atoms with Gasteiger partial charge in [0.05, 0.1) is 23.5 Å². The highest BCUT2D eigenvalue weighted by molar-refractivity contribution is 9.10. The smallest absolute Gasteiger partial charge is 0.275 e. The lowest BCUT2D eigenvalue weighted by Crippen LogP contribution is -2.18. The van der Waals surface area contributed by atoms with Crippen LogP contribution in [0, 0.1) is 0 Å². The Morgan fingerprint density at radius 3 is 2.95 bits per heavy atom. The predicted molar refractivity (Wildman–Crippen MR) is 81.6 cm³/mol. The first-order valence-electron chi connectivity index (χ1n) is 5.93. The Labute approximate surface area is 130 Å². The molecule has 0 saturated carbocycles. The van der Waals surface area contributed by atoms with Gasteiger partial charge >= 0.3 is 0 Å². The topological polar surface area (TPSA) is 56.2 Å². The van der Waals surface area contributed by atoms with E-state index in [2.05, 4.69) is 26.3 Å². The third-order valence-corrected chi connectivity index (χ3v) is 3.53. The van der Waals surface area contributed by atoms with Gasteiger partial charge in [-0.25, -0.2) is 0 Å². The van der Waals surface area contributed by atoms with Crippen molar-refractivity contribution >= 4 is 39.1 Å². The normalized spacial score (nSPS) is 10.4. The molecule has 0 aliphatic heterocycles. The molecule has 0 atom stereocenters. The Hall–Kier alpha value is -1.53. The highest BCUT2D eigenvalue weighted by atomic mass is 79.9. The van der Waals surface area contributed by atoms with Crippen LogP contribution in [0.25, 0.3) is 0 Å². The summed E-state index contributed by atoms with van der Waals surface area (Å²) in [7, 11) is 1.53. The first-order valence-corrected chi connectivity index (χ1v) is 7.10. The maximum atomic E-state index is 12.4. The molecule has 0 saturated heterocycles. The second-order valence-electron chi connectivity index (χ2n) is 3.96. The molecule has 7 heteroatoms. The fourth-order valence-electron chi connectivity index (χ4n) is 1.79. The van der Waals surface area contributed by atoms with Gasteiger partial charge in [-0.3, -0.25) is 9.48 Å². The van der Waals surface area contributed by atoms with Gasteiger partial charge in [-0.2, -0.15) is 5.10 Å². The summed E-state index contributed by atoms with van der Waals surface area (Å²) in [5.41, 5.74) is 0.968. The number of carbonyl (C=O) groups is 1. The Kier molecular flexibility index (Phi) is 4.67. The third kappa shape index (κ3) is 2.96. The molecule has 0 fully saturated rings. The van der Waals surface area contributed by atoms with Gasteiger partial charge in [0.25, 0.3) is 5.91 Å². The van der Waals surface area contributed by atoms with Crippen LogP contribution in [-0.4, -0.2) is 22.8 Å². The van der Waals surface area contributed by atoms with Crippen LogP contribution in [-0.2, 0) is 6.54 Å². The third-order valence-electron chi connectivity index (χ3n) is 2.72. The number of hydrogen-bond donors (Lipinski definition) is 1. The summed E-state index contributed by atoms with van der Waals surface area (Å²) in [5, 5.41) is 7.41. The van der Waals surface area contributed by atoms with E-state index < -0.39 is 0 Å². The van der Waals surface area contributed by atoms with Crippen LogP contribution in [0.4, 0.5) is 5.69 Å². The minimum Gasteiger partial charge on any atom is -0.495 e. The average molecular weight is 359 g/mol. The molecule has 0 aliphatic rings. The number of halogens is 2. The van der Waals surface area contributed by atoms with Crippen molar-refractivity contribution in [2.45, 2.75) is 13.5 Å². The first-order chi connectivity index (χ1) is 9.56. The van der Waals surface area contributed by atoms with Gasteiger partial charge in [-0.15, -0.1) is 0 Å². The summed E-state index contributed by atoms with van der Waals surface area (Å²) in [6.45, 7) is 2.51. The summed E-state index contributed by atoms with van der Waals surface area (Å²) in [4.78, 5) is 12.4. The van der Waals surface area contributed by atoms with E-state index in [1.54, 1.807) is 29.1 Å². The van der Waals surface area contributed by atoms with Gasteiger partial charge in [0.1, 0.15) is 11.4 Å². The van der Waals surface area contributed by atoms with E-state index in [-0.39, 0.29) is 5.91 Å². The van der Waals surface area contributed by atoms with E-state index in [0.717, 1.165) is 0 Å². The molecule has 0 spiro atoms. The molecule has 1 N–H and O–H groups in total. The quantitative estimate of drug-likeness (QED) is 0.909. The maximum Gasteiger partial charge on any atom is 0.275 e. The fraction of sp³-hybridized carbons (Fsp3) is 0.231. The Morgan fingerprint density at radius 2 is 2.30 bits per heavy atom. The lowest BCUT2D eigenvalue weighted by atomic mass is 10.2. The van der Waals surface area contributed by atoms with Crippen LogP contribution < -0.4 is 10.1 Å². The molecule has 0 unspecified atom stereocenters. The molecule has 5 nitrogen and oxygen atoms in total. The Morgan fingerprint density at radius 1 is 1.55 bits per heavy atom. The SMILES string of the molecule is CCn1ncc(Br)c1C(=O)Nc1cc(Cl)ccc1OC. The number of aromatic nitrogens is 2. The molecule has 106 valence electrons. The predicted octanol–water partition coefficient (Wildman–Crippen LogP) is 3.58. The second kappa shape index (κ2) is 6.28. The summed E-state index contributed by atoms with van der Waals surface area (Å²) in [6, 6.07) is 5.03. The number of ether oxygens (including phenoxy) is 1. The lowest BCUT2D eigenvalue weighted by molar-refractivity contribution is 0.101. The van der Waals surface area contributed by atoms with E-state index in [1.165, 1.54) is 7.11 Å². The van der Waals surface area contributed by atoms with Gasteiger partial charge in [-0.1, -0.05) is 11.6 Å². The molecule has 0 radical (unpaired) electrons. The summed E-state index contributed by atoms with van der Waals surface area (Å²) < 4.78 is 7.44.